The molecule has 5 heteroatoms. The third-order valence-corrected chi connectivity index (χ3v) is 5.04. The van der Waals surface area contributed by atoms with E-state index in [4.69, 9.17) is 4.74 Å². The summed E-state index contributed by atoms with van der Waals surface area (Å²) in [5, 5.41) is 9.70. The van der Waals surface area contributed by atoms with E-state index in [2.05, 4.69) is 11.1 Å². The minimum Gasteiger partial charge on any atom is -0.381 e. The zero-order valence-corrected chi connectivity index (χ0v) is 14.6. The van der Waals surface area contributed by atoms with E-state index in [1.165, 1.54) is 0 Å². The molecule has 4 rings (SSSR count). The molecule has 1 saturated heterocycles. The number of ether oxygens (including phenoxy) is 1. The molecule has 0 bridgehead atoms. The summed E-state index contributed by atoms with van der Waals surface area (Å²) in [5.74, 6) is -0.346. The van der Waals surface area contributed by atoms with E-state index < -0.39 is 5.92 Å². The zero-order valence-electron chi connectivity index (χ0n) is 14.6. The van der Waals surface area contributed by atoms with Crippen LogP contribution < -0.4 is 0 Å². The summed E-state index contributed by atoms with van der Waals surface area (Å²) in [4.78, 5) is 17.6. The van der Waals surface area contributed by atoms with Crippen LogP contribution in [0.2, 0.25) is 0 Å². The van der Waals surface area contributed by atoms with E-state index in [-0.39, 0.29) is 5.78 Å². The maximum Gasteiger partial charge on any atom is 0.187 e. The number of benzene rings is 2. The highest BCUT2D eigenvalue weighted by Crippen LogP contribution is 2.28. The van der Waals surface area contributed by atoms with Gasteiger partial charge in [0.05, 0.1) is 23.7 Å². The van der Waals surface area contributed by atoms with E-state index in [0.29, 0.717) is 23.9 Å². The van der Waals surface area contributed by atoms with Gasteiger partial charge in [-0.15, -0.1) is 0 Å². The van der Waals surface area contributed by atoms with Crippen molar-refractivity contribution in [3.8, 4) is 6.07 Å². The Morgan fingerprint density at radius 3 is 2.88 bits per heavy atom. The summed E-state index contributed by atoms with van der Waals surface area (Å²) >= 11 is 0. The number of rotatable bonds is 4. The zero-order chi connectivity index (χ0) is 18.1. The van der Waals surface area contributed by atoms with E-state index in [1.54, 1.807) is 6.07 Å². The summed E-state index contributed by atoms with van der Waals surface area (Å²) in [6.07, 6.45) is 0.962. The van der Waals surface area contributed by atoms with E-state index >= 15 is 0 Å². The average molecular weight is 345 g/mol. The lowest BCUT2D eigenvalue weighted by molar-refractivity contribution is 0.0975. The topological polar surface area (TPSA) is 67.9 Å². The number of nitriles is 1. The molecule has 1 aliphatic rings. The van der Waals surface area contributed by atoms with Gasteiger partial charge in [0.25, 0.3) is 0 Å². The fraction of sp³-hybridized carbons (Fsp3) is 0.286. The number of fused-ring (bicyclic) bond motifs is 1. The summed E-state index contributed by atoms with van der Waals surface area (Å²) in [6, 6.07) is 17.4. The van der Waals surface area contributed by atoms with Crippen LogP contribution >= 0.6 is 0 Å². The Morgan fingerprint density at radius 1 is 1.31 bits per heavy atom. The van der Waals surface area contributed by atoms with Crippen molar-refractivity contribution >= 4 is 16.8 Å². The maximum absolute atomic E-state index is 13.1. The van der Waals surface area contributed by atoms with E-state index in [1.807, 2.05) is 54.1 Å². The molecule has 0 saturated carbocycles. The van der Waals surface area contributed by atoms with Crippen LogP contribution in [-0.4, -0.2) is 28.5 Å². The Hall–Kier alpha value is -2.97. The first-order valence-electron chi connectivity index (χ1n) is 8.72. The van der Waals surface area contributed by atoms with Gasteiger partial charge in [-0.1, -0.05) is 30.3 Å². The van der Waals surface area contributed by atoms with Crippen molar-refractivity contribution in [3.63, 3.8) is 0 Å². The van der Waals surface area contributed by atoms with Crippen LogP contribution in [0, 0.1) is 11.3 Å². The quantitative estimate of drug-likeness (QED) is 0.678. The second-order valence-corrected chi connectivity index (χ2v) is 6.63. The fourth-order valence-electron chi connectivity index (χ4n) is 3.57. The third-order valence-electron chi connectivity index (χ3n) is 5.04. The Bertz CT molecular complexity index is 1010. The van der Waals surface area contributed by atoms with Crippen molar-refractivity contribution in [2.24, 2.45) is 7.05 Å². The summed E-state index contributed by atoms with van der Waals surface area (Å²) in [7, 11) is 1.84. The molecular formula is C21H19N3O2. The number of aryl methyl sites for hydroxylation is 1. The Morgan fingerprint density at radius 2 is 2.15 bits per heavy atom. The smallest absolute Gasteiger partial charge is 0.187 e. The normalized spacial score (nSPS) is 17.9. The molecule has 2 aromatic carbocycles. The number of para-hydroxylation sites is 2. The fourth-order valence-corrected chi connectivity index (χ4v) is 3.57. The molecular weight excluding hydrogens is 326 g/mol. The molecule has 130 valence electrons. The second-order valence-electron chi connectivity index (χ2n) is 6.63. The van der Waals surface area contributed by atoms with Crippen molar-refractivity contribution in [1.29, 1.82) is 5.26 Å². The van der Waals surface area contributed by atoms with Crippen molar-refractivity contribution in [2.75, 3.05) is 13.2 Å². The van der Waals surface area contributed by atoms with Crippen LogP contribution in [0.25, 0.3) is 11.0 Å². The van der Waals surface area contributed by atoms with Crippen molar-refractivity contribution in [2.45, 2.75) is 18.3 Å². The number of hydrogen-bond acceptors (Lipinski definition) is 4. The summed E-state index contributed by atoms with van der Waals surface area (Å²) in [5.41, 5.74) is 3.34. The highest BCUT2D eigenvalue weighted by molar-refractivity contribution is 6.02. The van der Waals surface area contributed by atoms with Gasteiger partial charge in [0.1, 0.15) is 5.82 Å². The minimum atomic E-state index is -0.928. The molecule has 1 fully saturated rings. The van der Waals surface area contributed by atoms with Crippen LogP contribution in [0.1, 0.15) is 40.0 Å². The Labute approximate surface area is 151 Å². The minimum absolute atomic E-state index is 0.216. The maximum atomic E-state index is 13.1. The summed E-state index contributed by atoms with van der Waals surface area (Å²) < 4.78 is 7.28. The predicted molar refractivity (Wildman–Crippen MR) is 98.0 cm³/mol. The largest absolute Gasteiger partial charge is 0.381 e. The number of ketones is 1. The number of hydrogen-bond donors (Lipinski definition) is 0. The van der Waals surface area contributed by atoms with Gasteiger partial charge in [0.15, 0.2) is 11.7 Å². The van der Waals surface area contributed by atoms with Crippen molar-refractivity contribution in [1.82, 2.24) is 9.55 Å². The van der Waals surface area contributed by atoms with Crippen LogP contribution in [0.3, 0.4) is 0 Å². The van der Waals surface area contributed by atoms with Gasteiger partial charge in [0.2, 0.25) is 0 Å². The Balaban J connectivity index is 1.70. The molecule has 0 unspecified atom stereocenters. The van der Waals surface area contributed by atoms with Crippen LogP contribution in [0.5, 0.6) is 0 Å². The molecule has 1 aliphatic heterocycles. The van der Waals surface area contributed by atoms with Crippen LogP contribution in [0.15, 0.2) is 48.5 Å². The standard InChI is InChI=1S/C21H19N3O2/c1-24-19-8-3-2-7-18(19)23-21(24)17(12-22)20(25)15-6-4-5-14(11-15)16-9-10-26-13-16/h2-8,11,16-17H,9-10,13H2,1H3/t16-,17-/m1/s1. The van der Waals surface area contributed by atoms with E-state index in [0.717, 1.165) is 29.6 Å². The van der Waals surface area contributed by atoms with Gasteiger partial charge in [-0.25, -0.2) is 4.98 Å². The molecule has 0 aliphatic carbocycles. The second kappa shape index (κ2) is 6.74. The summed E-state index contributed by atoms with van der Waals surface area (Å²) in [6.45, 7) is 1.44. The number of carbonyl (C=O) groups is 1. The van der Waals surface area contributed by atoms with Gasteiger partial charge >= 0.3 is 0 Å². The van der Waals surface area contributed by atoms with Gasteiger partial charge in [-0.3, -0.25) is 4.79 Å². The number of carbonyl (C=O) groups excluding carboxylic acids is 1. The molecule has 0 spiro atoms. The average Bonchev–Trinajstić information content (AvgIpc) is 3.32. The molecule has 2 heterocycles. The number of aromatic nitrogens is 2. The van der Waals surface area contributed by atoms with Crippen molar-refractivity contribution in [3.05, 3.63) is 65.5 Å². The lowest BCUT2D eigenvalue weighted by Crippen LogP contribution is -2.16. The van der Waals surface area contributed by atoms with Crippen LogP contribution in [0.4, 0.5) is 0 Å². The van der Waals surface area contributed by atoms with E-state index in [9.17, 15) is 10.1 Å². The Kier molecular flexibility index (Phi) is 4.27. The molecule has 3 aromatic rings. The molecule has 2 atom stereocenters. The molecule has 0 N–H and O–H groups in total. The highest BCUT2D eigenvalue weighted by Gasteiger charge is 2.28. The third kappa shape index (κ3) is 2.79. The van der Waals surface area contributed by atoms with Gasteiger partial charge < -0.3 is 9.30 Å². The monoisotopic (exact) mass is 345 g/mol. The van der Waals surface area contributed by atoms with Crippen LogP contribution in [-0.2, 0) is 11.8 Å². The molecule has 0 radical (unpaired) electrons. The molecule has 1 aromatic heterocycles. The first-order valence-corrected chi connectivity index (χ1v) is 8.72. The first-order chi connectivity index (χ1) is 12.7. The van der Waals surface area contributed by atoms with Gasteiger partial charge in [-0.2, -0.15) is 5.26 Å². The molecule has 0 amide bonds. The lowest BCUT2D eigenvalue weighted by Gasteiger charge is -2.12. The lowest BCUT2D eigenvalue weighted by atomic mass is 9.92. The van der Waals surface area contributed by atoms with Gasteiger partial charge in [-0.05, 0) is 30.2 Å². The number of nitrogens with zero attached hydrogens (tertiary/aromatic N) is 3. The van der Waals surface area contributed by atoms with Crippen molar-refractivity contribution < 1.29 is 9.53 Å². The van der Waals surface area contributed by atoms with Gasteiger partial charge in [0, 0.05) is 25.1 Å². The first kappa shape index (κ1) is 16.5. The molecule has 5 nitrogen and oxygen atoms in total. The number of Topliss-reactive ketones (excluding diaryl/α,β-unsaturated/α-hetero) is 1. The number of imidazole rings is 1. The predicted octanol–water partition coefficient (Wildman–Crippen LogP) is 3.57. The highest BCUT2D eigenvalue weighted by atomic mass is 16.5. The SMILES string of the molecule is Cn1c([C@H](C#N)C(=O)c2cccc([C@@H]3CCOC3)c2)nc2ccccc21. The molecule has 26 heavy (non-hydrogen) atoms.